The molecule has 3 rings (SSSR count). The molecule has 7 heteroatoms. The van der Waals surface area contributed by atoms with Gasteiger partial charge in [0.2, 0.25) is 0 Å². The summed E-state index contributed by atoms with van der Waals surface area (Å²) in [6, 6.07) is 10.4. The van der Waals surface area contributed by atoms with E-state index in [4.69, 9.17) is 0 Å². The van der Waals surface area contributed by atoms with Gasteiger partial charge in [-0.05, 0) is 30.2 Å². The molecule has 1 aliphatic rings. The van der Waals surface area contributed by atoms with Crippen molar-refractivity contribution in [2.45, 2.75) is 25.1 Å². The number of thioether (sulfide) groups is 1. The lowest BCUT2D eigenvalue weighted by Crippen LogP contribution is -2.47. The van der Waals surface area contributed by atoms with E-state index in [0.717, 1.165) is 31.3 Å². The predicted molar refractivity (Wildman–Crippen MR) is 117 cm³/mol. The first kappa shape index (κ1) is 20.1. The Morgan fingerprint density at radius 1 is 1.36 bits per heavy atom. The zero-order chi connectivity index (χ0) is 16.8. The van der Waals surface area contributed by atoms with Gasteiger partial charge in [-0.15, -0.1) is 24.0 Å². The highest BCUT2D eigenvalue weighted by Crippen LogP contribution is 2.21. The number of rotatable bonds is 4. The summed E-state index contributed by atoms with van der Waals surface area (Å²) in [5.41, 5.74) is 2.32. The highest BCUT2D eigenvalue weighted by molar-refractivity contribution is 14.0. The van der Waals surface area contributed by atoms with Crippen LogP contribution in [-0.2, 0) is 6.54 Å². The van der Waals surface area contributed by atoms with E-state index < -0.39 is 0 Å². The van der Waals surface area contributed by atoms with Crippen LogP contribution in [0.5, 0.6) is 0 Å². The summed E-state index contributed by atoms with van der Waals surface area (Å²) < 4.78 is 1.87. The van der Waals surface area contributed by atoms with Gasteiger partial charge in [0.05, 0.1) is 5.69 Å². The van der Waals surface area contributed by atoms with Crippen LogP contribution in [0, 0.1) is 0 Å². The lowest BCUT2D eigenvalue weighted by molar-refractivity contribution is 0.408. The molecule has 2 heterocycles. The van der Waals surface area contributed by atoms with Gasteiger partial charge in [0.25, 0.3) is 0 Å². The van der Waals surface area contributed by atoms with E-state index in [1.165, 1.54) is 17.7 Å². The van der Waals surface area contributed by atoms with Gasteiger partial charge in [-0.3, -0.25) is 4.99 Å². The third-order valence-corrected chi connectivity index (χ3v) is 5.63. The van der Waals surface area contributed by atoms with E-state index >= 15 is 0 Å². The molecule has 1 aromatic heterocycles. The van der Waals surface area contributed by atoms with Crippen molar-refractivity contribution in [1.82, 2.24) is 20.0 Å². The molecule has 0 bridgehead atoms. The average molecular weight is 471 g/mol. The molecule has 25 heavy (non-hydrogen) atoms. The summed E-state index contributed by atoms with van der Waals surface area (Å²) in [5, 5.41) is 8.47. The first-order valence-corrected chi connectivity index (χ1v) is 9.51. The molecule has 1 saturated heterocycles. The second kappa shape index (κ2) is 10.1. The van der Waals surface area contributed by atoms with Crippen LogP contribution in [0.1, 0.15) is 18.9 Å². The molecule has 0 amide bonds. The summed E-state index contributed by atoms with van der Waals surface area (Å²) in [5.74, 6) is 2.18. The Labute approximate surface area is 171 Å². The summed E-state index contributed by atoms with van der Waals surface area (Å²) in [6.07, 6.45) is 4.96. The zero-order valence-corrected chi connectivity index (χ0v) is 17.9. The molecule has 1 N–H and O–H groups in total. The first-order chi connectivity index (χ1) is 11.8. The Morgan fingerprint density at radius 2 is 2.16 bits per heavy atom. The van der Waals surface area contributed by atoms with Gasteiger partial charge in [0.1, 0.15) is 0 Å². The second-order valence-electron chi connectivity index (χ2n) is 5.86. The molecule has 2 aromatic rings. The topological polar surface area (TPSA) is 45.5 Å². The standard InChI is InChI=1S/C18H25N5S.HI/c1-3-17-14-22(11-12-24-17)18(19-2)20-13-15-5-7-16(8-6-15)23-10-4-9-21-23;/h4-10,17H,3,11-14H2,1-2H3,(H,19,20);1H. The number of nitrogens with zero attached hydrogens (tertiary/aromatic N) is 4. The lowest BCUT2D eigenvalue weighted by atomic mass is 10.2. The largest absolute Gasteiger partial charge is 0.352 e. The molecule has 1 aliphatic heterocycles. The molecular weight excluding hydrogens is 445 g/mol. The highest BCUT2D eigenvalue weighted by Gasteiger charge is 2.21. The van der Waals surface area contributed by atoms with Crippen LogP contribution in [0.3, 0.4) is 0 Å². The molecule has 0 radical (unpaired) electrons. The van der Waals surface area contributed by atoms with Crippen molar-refractivity contribution >= 4 is 41.7 Å². The Hall–Kier alpha value is -1.22. The number of aromatic nitrogens is 2. The van der Waals surface area contributed by atoms with Crippen molar-refractivity contribution in [2.75, 3.05) is 25.9 Å². The van der Waals surface area contributed by atoms with E-state index in [-0.39, 0.29) is 24.0 Å². The summed E-state index contributed by atoms with van der Waals surface area (Å²) in [4.78, 5) is 6.84. The van der Waals surface area contributed by atoms with Crippen molar-refractivity contribution in [1.29, 1.82) is 0 Å². The van der Waals surface area contributed by atoms with Crippen molar-refractivity contribution < 1.29 is 0 Å². The summed E-state index contributed by atoms with van der Waals surface area (Å²) in [7, 11) is 1.87. The number of guanidine groups is 1. The van der Waals surface area contributed by atoms with Crippen LogP contribution in [0.4, 0.5) is 0 Å². The van der Waals surface area contributed by atoms with Crippen LogP contribution in [-0.4, -0.2) is 51.8 Å². The fourth-order valence-electron chi connectivity index (χ4n) is 2.86. The van der Waals surface area contributed by atoms with Crippen LogP contribution in [0.15, 0.2) is 47.7 Å². The number of benzene rings is 1. The highest BCUT2D eigenvalue weighted by atomic mass is 127. The monoisotopic (exact) mass is 471 g/mol. The third kappa shape index (κ3) is 5.37. The molecule has 5 nitrogen and oxygen atoms in total. The molecule has 1 atom stereocenters. The normalized spacial score (nSPS) is 17.9. The van der Waals surface area contributed by atoms with Crippen LogP contribution >= 0.6 is 35.7 Å². The molecule has 136 valence electrons. The van der Waals surface area contributed by atoms with Gasteiger partial charge >= 0.3 is 0 Å². The van der Waals surface area contributed by atoms with Crippen molar-refractivity contribution in [3.8, 4) is 5.69 Å². The maximum atomic E-state index is 4.46. The smallest absolute Gasteiger partial charge is 0.193 e. The van der Waals surface area contributed by atoms with Gasteiger partial charge in [0.15, 0.2) is 5.96 Å². The van der Waals surface area contributed by atoms with E-state index in [9.17, 15) is 0 Å². The lowest BCUT2D eigenvalue weighted by Gasteiger charge is -2.34. The maximum absolute atomic E-state index is 4.46. The first-order valence-electron chi connectivity index (χ1n) is 8.46. The van der Waals surface area contributed by atoms with Crippen molar-refractivity contribution in [2.24, 2.45) is 4.99 Å². The Kier molecular flexibility index (Phi) is 8.08. The molecule has 1 fully saturated rings. The minimum absolute atomic E-state index is 0. The summed E-state index contributed by atoms with van der Waals surface area (Å²) in [6.45, 7) is 5.20. The van der Waals surface area contributed by atoms with Crippen LogP contribution < -0.4 is 5.32 Å². The number of halogens is 1. The Bertz CT molecular complexity index is 657. The van der Waals surface area contributed by atoms with Gasteiger partial charge in [-0.25, -0.2) is 4.68 Å². The van der Waals surface area contributed by atoms with Crippen molar-refractivity contribution in [3.05, 3.63) is 48.3 Å². The molecule has 1 unspecified atom stereocenters. The predicted octanol–water partition coefficient (Wildman–Crippen LogP) is 3.39. The van der Waals surface area contributed by atoms with Crippen molar-refractivity contribution in [3.63, 3.8) is 0 Å². The maximum Gasteiger partial charge on any atom is 0.193 e. The average Bonchev–Trinajstić information content (AvgIpc) is 3.18. The number of hydrogen-bond donors (Lipinski definition) is 1. The van der Waals surface area contributed by atoms with E-state index in [1.54, 1.807) is 6.20 Å². The Balaban J connectivity index is 0.00000225. The molecule has 0 spiro atoms. The minimum atomic E-state index is 0. The van der Waals surface area contributed by atoms with Crippen LogP contribution in [0.2, 0.25) is 0 Å². The molecular formula is C18H26IN5S. The van der Waals surface area contributed by atoms with Gasteiger partial charge in [-0.2, -0.15) is 16.9 Å². The molecule has 0 aliphatic carbocycles. The quantitative estimate of drug-likeness (QED) is 0.422. The molecule has 0 saturated carbocycles. The van der Waals surface area contributed by atoms with Crippen LogP contribution in [0.25, 0.3) is 5.69 Å². The molecule has 1 aromatic carbocycles. The van der Waals surface area contributed by atoms with Gasteiger partial charge < -0.3 is 10.2 Å². The number of aliphatic imine (C=N–C) groups is 1. The number of nitrogens with one attached hydrogen (secondary N) is 1. The SMILES string of the molecule is CCC1CN(C(=NC)NCc2ccc(-n3cccn3)cc2)CCS1.I. The van der Waals surface area contributed by atoms with E-state index in [2.05, 4.69) is 63.3 Å². The minimum Gasteiger partial charge on any atom is -0.352 e. The van der Waals surface area contributed by atoms with E-state index in [1.807, 2.05) is 24.0 Å². The Morgan fingerprint density at radius 3 is 2.80 bits per heavy atom. The fraction of sp³-hybridized carbons (Fsp3) is 0.444. The summed E-state index contributed by atoms with van der Waals surface area (Å²) >= 11 is 2.08. The van der Waals surface area contributed by atoms with Gasteiger partial charge in [0, 0.05) is 50.1 Å². The third-order valence-electron chi connectivity index (χ3n) is 4.26. The zero-order valence-electron chi connectivity index (χ0n) is 14.8. The van der Waals surface area contributed by atoms with Gasteiger partial charge in [-0.1, -0.05) is 19.1 Å². The van der Waals surface area contributed by atoms with E-state index in [0.29, 0.717) is 5.25 Å². The number of hydrogen-bond acceptors (Lipinski definition) is 3. The fourth-order valence-corrected chi connectivity index (χ4v) is 4.04. The second-order valence-corrected chi connectivity index (χ2v) is 7.27.